The second-order valence-corrected chi connectivity index (χ2v) is 7.11. The van der Waals surface area contributed by atoms with Crippen LogP contribution in [0.2, 0.25) is 0 Å². The lowest BCUT2D eigenvalue weighted by atomic mass is 10.1. The summed E-state index contributed by atoms with van der Waals surface area (Å²) in [5.74, 6) is -0.370. The molecule has 3 heterocycles. The van der Waals surface area contributed by atoms with Crippen molar-refractivity contribution < 1.29 is 18.7 Å². The van der Waals surface area contributed by atoms with Gasteiger partial charge in [0.05, 0.1) is 25.2 Å². The second kappa shape index (κ2) is 6.77. The number of ether oxygens (including phenoxy) is 1. The highest BCUT2D eigenvalue weighted by molar-refractivity contribution is 5.95. The Morgan fingerprint density at radius 1 is 1.26 bits per heavy atom. The molecule has 2 fully saturated rings. The highest BCUT2D eigenvalue weighted by Crippen LogP contribution is 2.23. The lowest BCUT2D eigenvalue weighted by Gasteiger charge is -2.29. The number of amides is 2. The summed E-state index contributed by atoms with van der Waals surface area (Å²) in [6, 6.07) is 5.77. The van der Waals surface area contributed by atoms with Crippen molar-refractivity contribution in [2.45, 2.75) is 13.0 Å². The number of fused-ring (bicyclic) bond motifs is 3. The summed E-state index contributed by atoms with van der Waals surface area (Å²) in [4.78, 5) is 36.5. The molecule has 142 valence electrons. The molecule has 2 amide bonds. The van der Waals surface area contributed by atoms with Crippen LogP contribution in [0.4, 0.5) is 4.39 Å². The topological polar surface area (TPSA) is 78.5 Å². The number of aromatic amines is 1. The maximum atomic E-state index is 13.1. The minimum Gasteiger partial charge on any atom is -0.378 e. The number of rotatable bonds is 2. The zero-order chi connectivity index (χ0) is 19.1. The number of likely N-dealkylation sites (N-methyl/N-ethyl adjacent to an activating group) is 1. The van der Waals surface area contributed by atoms with E-state index >= 15 is 0 Å². The van der Waals surface area contributed by atoms with Gasteiger partial charge in [-0.1, -0.05) is 0 Å². The summed E-state index contributed by atoms with van der Waals surface area (Å²) in [5.41, 5.74) is 1.67. The second-order valence-electron chi connectivity index (χ2n) is 7.11. The number of aromatic nitrogens is 2. The lowest BCUT2D eigenvalue weighted by Crippen LogP contribution is -2.45. The number of carbonyl (C=O) groups is 2. The predicted octanol–water partition coefficient (Wildman–Crippen LogP) is 1.45. The Kier molecular flexibility index (Phi) is 4.43. The Morgan fingerprint density at radius 3 is 2.74 bits per heavy atom. The standard InChI is InChI=1S/C19H21FN4O3/c1-11-16(22-17(21-11)12-3-5-14(20)6-4-12)19(26)24-7-13-9-27-10-15(8-24)23(2)18(13)25/h3-6,13,15H,7-10H2,1-2H3,(H,21,22)/t13-,15+/m1/s1. The van der Waals surface area contributed by atoms with Gasteiger partial charge in [0, 0.05) is 31.4 Å². The lowest BCUT2D eigenvalue weighted by molar-refractivity contribution is -0.133. The minimum absolute atomic E-state index is 0.0125. The van der Waals surface area contributed by atoms with Crippen LogP contribution in [0.25, 0.3) is 11.4 Å². The van der Waals surface area contributed by atoms with Gasteiger partial charge in [0.25, 0.3) is 5.91 Å². The van der Waals surface area contributed by atoms with Crippen molar-refractivity contribution in [1.29, 1.82) is 0 Å². The van der Waals surface area contributed by atoms with E-state index in [1.54, 1.807) is 35.9 Å². The van der Waals surface area contributed by atoms with Crippen LogP contribution in [0.15, 0.2) is 24.3 Å². The minimum atomic E-state index is -0.359. The van der Waals surface area contributed by atoms with Gasteiger partial charge in [-0.15, -0.1) is 0 Å². The molecule has 8 heteroatoms. The number of hydrogen-bond acceptors (Lipinski definition) is 4. The fourth-order valence-corrected chi connectivity index (χ4v) is 3.63. The molecule has 2 bridgehead atoms. The molecule has 7 nitrogen and oxygen atoms in total. The van der Waals surface area contributed by atoms with E-state index in [1.165, 1.54) is 12.1 Å². The zero-order valence-electron chi connectivity index (χ0n) is 15.2. The normalized spacial score (nSPS) is 22.7. The molecule has 0 saturated carbocycles. The first-order chi connectivity index (χ1) is 12.9. The highest BCUT2D eigenvalue weighted by Gasteiger charge is 2.39. The number of hydrogen-bond donors (Lipinski definition) is 1. The summed E-state index contributed by atoms with van der Waals surface area (Å²) in [6.07, 6.45) is 0. The van der Waals surface area contributed by atoms with E-state index in [4.69, 9.17) is 4.74 Å². The molecule has 2 atom stereocenters. The molecule has 2 aliphatic heterocycles. The first-order valence-corrected chi connectivity index (χ1v) is 8.90. The van der Waals surface area contributed by atoms with E-state index in [9.17, 15) is 14.0 Å². The summed E-state index contributed by atoms with van der Waals surface area (Å²) in [7, 11) is 1.76. The van der Waals surface area contributed by atoms with Crippen LogP contribution in [0.1, 0.15) is 16.2 Å². The molecule has 2 aliphatic rings. The molecular formula is C19H21FN4O3. The molecule has 0 spiro atoms. The van der Waals surface area contributed by atoms with E-state index in [0.29, 0.717) is 49.1 Å². The van der Waals surface area contributed by atoms with Gasteiger partial charge >= 0.3 is 0 Å². The number of H-pyrrole nitrogens is 1. The summed E-state index contributed by atoms with van der Waals surface area (Å²) < 4.78 is 18.7. The van der Waals surface area contributed by atoms with Crippen LogP contribution in [-0.2, 0) is 9.53 Å². The van der Waals surface area contributed by atoms with Crippen LogP contribution in [0.5, 0.6) is 0 Å². The number of halogens is 1. The Balaban J connectivity index is 1.61. The fraction of sp³-hybridized carbons (Fsp3) is 0.421. The van der Waals surface area contributed by atoms with Crippen molar-refractivity contribution in [1.82, 2.24) is 19.8 Å². The Morgan fingerprint density at radius 2 is 2.00 bits per heavy atom. The highest BCUT2D eigenvalue weighted by atomic mass is 19.1. The summed E-state index contributed by atoms with van der Waals surface area (Å²) in [5, 5.41) is 0. The van der Waals surface area contributed by atoms with Crippen LogP contribution >= 0.6 is 0 Å². The molecular weight excluding hydrogens is 351 g/mol. The first-order valence-electron chi connectivity index (χ1n) is 8.90. The molecule has 27 heavy (non-hydrogen) atoms. The Labute approximate surface area is 156 Å². The third-order valence-corrected chi connectivity index (χ3v) is 5.24. The number of nitrogens with one attached hydrogen (secondary N) is 1. The van der Waals surface area contributed by atoms with Gasteiger partial charge in [-0.2, -0.15) is 0 Å². The van der Waals surface area contributed by atoms with Gasteiger partial charge in [-0.3, -0.25) is 9.59 Å². The third-order valence-electron chi connectivity index (χ3n) is 5.24. The monoisotopic (exact) mass is 372 g/mol. The zero-order valence-corrected chi connectivity index (χ0v) is 15.2. The molecule has 4 rings (SSSR count). The third kappa shape index (κ3) is 3.21. The number of benzene rings is 1. The van der Waals surface area contributed by atoms with Crippen LogP contribution in [0.3, 0.4) is 0 Å². The maximum Gasteiger partial charge on any atom is 0.274 e. The van der Waals surface area contributed by atoms with E-state index in [1.807, 2.05) is 0 Å². The molecule has 0 unspecified atom stereocenters. The largest absolute Gasteiger partial charge is 0.378 e. The fourth-order valence-electron chi connectivity index (χ4n) is 3.63. The number of aryl methyl sites for hydroxylation is 1. The molecule has 0 radical (unpaired) electrons. The average Bonchev–Trinajstić information content (AvgIpc) is 2.91. The van der Waals surface area contributed by atoms with Crippen molar-refractivity contribution in [3.05, 3.63) is 41.5 Å². The van der Waals surface area contributed by atoms with E-state index in [-0.39, 0.29) is 29.6 Å². The Bertz CT molecular complexity index is 880. The van der Waals surface area contributed by atoms with Crippen molar-refractivity contribution in [3.8, 4) is 11.4 Å². The summed E-state index contributed by atoms with van der Waals surface area (Å²) >= 11 is 0. The van der Waals surface area contributed by atoms with Gasteiger partial charge in [0.15, 0.2) is 0 Å². The Hall–Kier alpha value is -2.74. The van der Waals surface area contributed by atoms with E-state index in [2.05, 4.69) is 9.97 Å². The molecule has 1 N–H and O–H groups in total. The van der Waals surface area contributed by atoms with Crippen molar-refractivity contribution >= 4 is 11.8 Å². The van der Waals surface area contributed by atoms with Crippen LogP contribution in [-0.4, -0.2) is 71.0 Å². The van der Waals surface area contributed by atoms with Gasteiger partial charge in [-0.25, -0.2) is 9.37 Å². The molecule has 2 saturated heterocycles. The van der Waals surface area contributed by atoms with Gasteiger partial charge in [0.1, 0.15) is 17.3 Å². The first kappa shape index (κ1) is 17.7. The van der Waals surface area contributed by atoms with Crippen molar-refractivity contribution in [3.63, 3.8) is 0 Å². The van der Waals surface area contributed by atoms with E-state index < -0.39 is 0 Å². The molecule has 1 aromatic heterocycles. The quantitative estimate of drug-likeness (QED) is 0.866. The predicted molar refractivity (Wildman–Crippen MR) is 95.5 cm³/mol. The number of carbonyl (C=O) groups excluding carboxylic acids is 2. The number of nitrogens with zero attached hydrogens (tertiary/aromatic N) is 3. The number of imidazole rings is 1. The van der Waals surface area contributed by atoms with Crippen molar-refractivity contribution in [2.75, 3.05) is 33.4 Å². The van der Waals surface area contributed by atoms with Gasteiger partial charge in [0.2, 0.25) is 5.91 Å². The van der Waals surface area contributed by atoms with E-state index in [0.717, 1.165) is 0 Å². The molecule has 2 aromatic rings. The average molecular weight is 372 g/mol. The van der Waals surface area contributed by atoms with Crippen LogP contribution in [0, 0.1) is 18.7 Å². The molecule has 1 aromatic carbocycles. The van der Waals surface area contributed by atoms with Crippen LogP contribution < -0.4 is 0 Å². The maximum absolute atomic E-state index is 13.1. The van der Waals surface area contributed by atoms with Crippen molar-refractivity contribution in [2.24, 2.45) is 5.92 Å². The van der Waals surface area contributed by atoms with Gasteiger partial charge < -0.3 is 19.5 Å². The van der Waals surface area contributed by atoms with Gasteiger partial charge in [-0.05, 0) is 31.2 Å². The summed E-state index contributed by atoms with van der Waals surface area (Å²) in [6.45, 7) is 3.26. The smallest absolute Gasteiger partial charge is 0.274 e. The molecule has 0 aliphatic carbocycles. The SMILES string of the molecule is Cc1[nH]c(-c2ccc(F)cc2)nc1C(=O)N1C[C@@H]2COC[C@H](C1)N(C)C2=O.